The van der Waals surface area contributed by atoms with Crippen molar-refractivity contribution in [2.45, 2.75) is 46.0 Å². The van der Waals surface area contributed by atoms with E-state index in [0.29, 0.717) is 0 Å². The minimum Gasteiger partial charge on any atom is -0.376 e. The number of allylic oxidation sites excluding steroid dienone is 2. The molecule has 0 saturated heterocycles. The van der Waals surface area contributed by atoms with Gasteiger partial charge in [-0.15, -0.1) is 6.58 Å². The summed E-state index contributed by atoms with van der Waals surface area (Å²) in [6, 6.07) is 0. The predicted molar refractivity (Wildman–Crippen MR) is 65.3 cm³/mol. The number of rotatable bonds is 9. The highest BCUT2D eigenvalue weighted by atomic mass is 15.1. The highest BCUT2D eigenvalue weighted by Crippen LogP contribution is 2.10. The van der Waals surface area contributed by atoms with E-state index in [1.165, 1.54) is 31.5 Å². The SMILES string of the molecule is C=CCCC(=C)N(CC)CCCCC. The third-order valence-electron chi connectivity index (χ3n) is 2.50. The predicted octanol–water partition coefficient (Wildman–Crippen LogP) is 3.98. The van der Waals surface area contributed by atoms with E-state index in [1.54, 1.807) is 0 Å². The molecule has 0 unspecified atom stereocenters. The molecule has 0 aromatic heterocycles. The lowest BCUT2D eigenvalue weighted by molar-refractivity contribution is 0.341. The van der Waals surface area contributed by atoms with Crippen LogP contribution in [0.25, 0.3) is 0 Å². The molecular weight excluding hydrogens is 170 g/mol. The summed E-state index contributed by atoms with van der Waals surface area (Å²) in [5.74, 6) is 0. The summed E-state index contributed by atoms with van der Waals surface area (Å²) in [6.45, 7) is 14.5. The van der Waals surface area contributed by atoms with Gasteiger partial charge in [-0.05, 0) is 26.2 Å². The fourth-order valence-electron chi connectivity index (χ4n) is 1.52. The van der Waals surface area contributed by atoms with Crippen molar-refractivity contribution in [1.29, 1.82) is 0 Å². The fraction of sp³-hybridized carbons (Fsp3) is 0.692. The van der Waals surface area contributed by atoms with Crippen molar-refractivity contribution in [3.63, 3.8) is 0 Å². The quantitative estimate of drug-likeness (QED) is 0.397. The van der Waals surface area contributed by atoms with Gasteiger partial charge in [-0.3, -0.25) is 0 Å². The van der Waals surface area contributed by atoms with Crippen LogP contribution in [0.5, 0.6) is 0 Å². The monoisotopic (exact) mass is 195 g/mol. The molecule has 1 heteroatoms. The van der Waals surface area contributed by atoms with Crippen molar-refractivity contribution in [3.8, 4) is 0 Å². The van der Waals surface area contributed by atoms with Crippen molar-refractivity contribution in [2.24, 2.45) is 0 Å². The molecule has 0 saturated carbocycles. The molecule has 0 amide bonds. The Morgan fingerprint density at radius 2 is 2.00 bits per heavy atom. The van der Waals surface area contributed by atoms with Crippen molar-refractivity contribution in [3.05, 3.63) is 24.9 Å². The molecule has 0 spiro atoms. The van der Waals surface area contributed by atoms with Gasteiger partial charge < -0.3 is 4.90 Å². The number of hydrogen-bond acceptors (Lipinski definition) is 1. The van der Waals surface area contributed by atoms with Crippen LogP contribution in [0.2, 0.25) is 0 Å². The molecule has 0 aliphatic rings. The molecule has 1 nitrogen and oxygen atoms in total. The standard InChI is InChI=1S/C13H25N/c1-5-8-10-12-14(7-3)13(4)11-9-6-2/h6H,2,4-5,7-12H2,1,3H3. The zero-order chi connectivity index (χ0) is 10.8. The minimum absolute atomic E-state index is 1.04. The lowest BCUT2D eigenvalue weighted by atomic mass is 10.2. The highest BCUT2D eigenvalue weighted by molar-refractivity contribution is 4.95. The van der Waals surface area contributed by atoms with Crippen molar-refractivity contribution >= 4 is 0 Å². The van der Waals surface area contributed by atoms with Crippen molar-refractivity contribution in [1.82, 2.24) is 4.90 Å². The molecule has 0 aromatic rings. The Bertz CT molecular complexity index is 161. The first-order chi connectivity index (χ1) is 6.76. The zero-order valence-corrected chi connectivity index (χ0v) is 9.89. The zero-order valence-electron chi connectivity index (χ0n) is 9.89. The third-order valence-corrected chi connectivity index (χ3v) is 2.50. The molecule has 0 atom stereocenters. The molecule has 0 aliphatic heterocycles. The van der Waals surface area contributed by atoms with Gasteiger partial charge in [-0.1, -0.05) is 32.4 Å². The summed E-state index contributed by atoms with van der Waals surface area (Å²) in [4.78, 5) is 2.39. The fourth-order valence-corrected chi connectivity index (χ4v) is 1.52. The average molecular weight is 195 g/mol. The first-order valence-electron chi connectivity index (χ1n) is 5.79. The summed E-state index contributed by atoms with van der Waals surface area (Å²) in [5, 5.41) is 0. The second-order valence-corrected chi connectivity index (χ2v) is 3.68. The topological polar surface area (TPSA) is 3.24 Å². The van der Waals surface area contributed by atoms with Crippen molar-refractivity contribution < 1.29 is 0 Å². The van der Waals surface area contributed by atoms with Crippen molar-refractivity contribution in [2.75, 3.05) is 13.1 Å². The number of hydrogen-bond donors (Lipinski definition) is 0. The Labute approximate surface area is 89.5 Å². The van der Waals surface area contributed by atoms with Crippen LogP contribution in [-0.2, 0) is 0 Å². The van der Waals surface area contributed by atoms with Crippen LogP contribution >= 0.6 is 0 Å². The molecule has 82 valence electrons. The highest BCUT2D eigenvalue weighted by Gasteiger charge is 2.03. The van der Waals surface area contributed by atoms with Gasteiger partial charge in [0.05, 0.1) is 0 Å². The summed E-state index contributed by atoms with van der Waals surface area (Å²) < 4.78 is 0. The summed E-state index contributed by atoms with van der Waals surface area (Å²) in [7, 11) is 0. The van der Waals surface area contributed by atoms with Crippen LogP contribution in [0.3, 0.4) is 0 Å². The van der Waals surface area contributed by atoms with Gasteiger partial charge in [-0.2, -0.15) is 0 Å². The largest absolute Gasteiger partial charge is 0.376 e. The Balaban J connectivity index is 3.74. The molecule has 0 N–H and O–H groups in total. The Kier molecular flexibility index (Phi) is 8.40. The van der Waals surface area contributed by atoms with Gasteiger partial charge in [0.2, 0.25) is 0 Å². The maximum atomic E-state index is 4.12. The van der Waals surface area contributed by atoms with E-state index in [9.17, 15) is 0 Å². The van der Waals surface area contributed by atoms with E-state index in [-0.39, 0.29) is 0 Å². The molecule has 0 fully saturated rings. The molecule has 0 heterocycles. The first-order valence-corrected chi connectivity index (χ1v) is 5.79. The second kappa shape index (κ2) is 8.86. The van der Waals surface area contributed by atoms with Crippen LogP contribution in [0.1, 0.15) is 46.0 Å². The van der Waals surface area contributed by atoms with E-state index in [0.717, 1.165) is 19.4 Å². The average Bonchev–Trinajstić information content (AvgIpc) is 2.21. The van der Waals surface area contributed by atoms with Crippen LogP contribution in [0, 0.1) is 0 Å². The molecule has 0 rings (SSSR count). The number of unbranched alkanes of at least 4 members (excludes halogenated alkanes) is 2. The molecule has 0 bridgehead atoms. The van der Waals surface area contributed by atoms with Gasteiger partial charge in [0.25, 0.3) is 0 Å². The van der Waals surface area contributed by atoms with Crippen LogP contribution in [0.4, 0.5) is 0 Å². The maximum Gasteiger partial charge on any atom is 0.0174 e. The summed E-state index contributed by atoms with van der Waals surface area (Å²) >= 11 is 0. The van der Waals surface area contributed by atoms with Gasteiger partial charge in [0, 0.05) is 18.8 Å². The van der Waals surface area contributed by atoms with E-state index < -0.39 is 0 Å². The lowest BCUT2D eigenvalue weighted by Gasteiger charge is -2.25. The smallest absolute Gasteiger partial charge is 0.0174 e. The van der Waals surface area contributed by atoms with Gasteiger partial charge in [-0.25, -0.2) is 0 Å². The Hall–Kier alpha value is -0.720. The normalized spacial score (nSPS) is 9.86. The molecule has 0 aromatic carbocycles. The van der Waals surface area contributed by atoms with Crippen LogP contribution in [0.15, 0.2) is 24.9 Å². The van der Waals surface area contributed by atoms with Gasteiger partial charge >= 0.3 is 0 Å². The van der Waals surface area contributed by atoms with Gasteiger partial charge in [0.1, 0.15) is 0 Å². The summed E-state index contributed by atoms with van der Waals surface area (Å²) in [5.41, 5.74) is 1.27. The third kappa shape index (κ3) is 5.85. The lowest BCUT2D eigenvalue weighted by Crippen LogP contribution is -2.23. The Morgan fingerprint density at radius 1 is 1.29 bits per heavy atom. The van der Waals surface area contributed by atoms with Crippen LogP contribution in [-0.4, -0.2) is 18.0 Å². The number of nitrogens with zero attached hydrogens (tertiary/aromatic N) is 1. The van der Waals surface area contributed by atoms with Crippen LogP contribution < -0.4 is 0 Å². The maximum absolute atomic E-state index is 4.12. The minimum atomic E-state index is 1.04. The van der Waals surface area contributed by atoms with E-state index in [1.807, 2.05) is 6.08 Å². The van der Waals surface area contributed by atoms with Gasteiger partial charge in [0.15, 0.2) is 0 Å². The summed E-state index contributed by atoms with van der Waals surface area (Å²) in [6.07, 6.45) is 7.97. The Morgan fingerprint density at radius 3 is 2.50 bits per heavy atom. The molecule has 0 radical (unpaired) electrons. The molecular formula is C13H25N. The van der Waals surface area contributed by atoms with E-state index in [2.05, 4.69) is 31.9 Å². The first kappa shape index (κ1) is 13.3. The van der Waals surface area contributed by atoms with E-state index >= 15 is 0 Å². The van der Waals surface area contributed by atoms with E-state index in [4.69, 9.17) is 0 Å². The second-order valence-electron chi connectivity index (χ2n) is 3.68. The molecule has 14 heavy (non-hydrogen) atoms. The molecule has 0 aliphatic carbocycles.